The van der Waals surface area contributed by atoms with Gasteiger partial charge in [-0.15, -0.1) is 0 Å². The van der Waals surface area contributed by atoms with Gasteiger partial charge in [0, 0.05) is 17.5 Å². The van der Waals surface area contributed by atoms with Gasteiger partial charge >= 0.3 is 6.18 Å². The molecule has 0 saturated heterocycles. The number of aliphatic hydroxyl groups excluding tert-OH is 1. The molecule has 1 N–H and O–H groups in total. The molecule has 2 heterocycles. The summed E-state index contributed by atoms with van der Waals surface area (Å²) in [4.78, 5) is 8.15. The molecule has 0 amide bonds. The molecule has 128 valence electrons. The molecular formula is C15H13F3N2O3S. The summed E-state index contributed by atoms with van der Waals surface area (Å²) in [5.74, 6) is 0.676. The second-order valence-electron chi connectivity index (χ2n) is 4.95. The zero-order valence-electron chi connectivity index (χ0n) is 12.3. The predicted molar refractivity (Wildman–Crippen MR) is 81.2 cm³/mol. The summed E-state index contributed by atoms with van der Waals surface area (Å²) >= 11 is 0.745. The highest BCUT2D eigenvalue weighted by atomic mass is 32.2. The second kappa shape index (κ2) is 6.86. The summed E-state index contributed by atoms with van der Waals surface area (Å²) in [6.45, 7) is 0.943. The standard InChI is InChI=1S/C15H13F3N2O3S/c16-15(17,18)13(21)8-24-14-19-4-3-10(20-14)9-1-2-11-12(7-9)23-6-5-22-11/h1-4,7,13,21H,5-6,8H2. The zero-order valence-corrected chi connectivity index (χ0v) is 13.1. The van der Waals surface area contributed by atoms with Crippen LogP contribution in [0.5, 0.6) is 11.5 Å². The molecule has 24 heavy (non-hydrogen) atoms. The molecule has 0 saturated carbocycles. The molecule has 5 nitrogen and oxygen atoms in total. The van der Waals surface area contributed by atoms with Crippen molar-refractivity contribution in [2.75, 3.05) is 19.0 Å². The quantitative estimate of drug-likeness (QED) is 0.670. The molecule has 2 aromatic rings. The van der Waals surface area contributed by atoms with Crippen LogP contribution in [0.2, 0.25) is 0 Å². The fourth-order valence-corrected chi connectivity index (χ4v) is 2.82. The van der Waals surface area contributed by atoms with E-state index >= 15 is 0 Å². The lowest BCUT2D eigenvalue weighted by Crippen LogP contribution is -2.30. The van der Waals surface area contributed by atoms with E-state index in [1.807, 2.05) is 0 Å². The van der Waals surface area contributed by atoms with Gasteiger partial charge in [-0.05, 0) is 24.3 Å². The van der Waals surface area contributed by atoms with Gasteiger partial charge in [0.2, 0.25) is 0 Å². The minimum absolute atomic E-state index is 0.158. The van der Waals surface area contributed by atoms with Crippen molar-refractivity contribution in [1.29, 1.82) is 0 Å². The predicted octanol–water partition coefficient (Wildman–Crippen LogP) is 2.93. The van der Waals surface area contributed by atoms with E-state index in [1.54, 1.807) is 24.3 Å². The number of hydrogen-bond donors (Lipinski definition) is 1. The maximum atomic E-state index is 12.3. The molecule has 0 bridgehead atoms. The average molecular weight is 358 g/mol. The van der Waals surface area contributed by atoms with Gasteiger partial charge in [0.05, 0.1) is 5.69 Å². The van der Waals surface area contributed by atoms with Crippen molar-refractivity contribution >= 4 is 11.8 Å². The van der Waals surface area contributed by atoms with Gasteiger partial charge in [0.15, 0.2) is 22.8 Å². The third-order valence-corrected chi connectivity index (χ3v) is 4.16. The van der Waals surface area contributed by atoms with Crippen LogP contribution in [0.4, 0.5) is 13.2 Å². The van der Waals surface area contributed by atoms with Crippen molar-refractivity contribution in [3.8, 4) is 22.8 Å². The van der Waals surface area contributed by atoms with Crippen LogP contribution in [-0.4, -0.2) is 46.3 Å². The molecule has 1 aliphatic rings. The summed E-state index contributed by atoms with van der Waals surface area (Å²) in [6, 6.07) is 6.95. The van der Waals surface area contributed by atoms with E-state index in [2.05, 4.69) is 9.97 Å². The van der Waals surface area contributed by atoms with E-state index in [0.29, 0.717) is 30.4 Å². The highest BCUT2D eigenvalue weighted by Crippen LogP contribution is 2.34. The summed E-state index contributed by atoms with van der Waals surface area (Å²) in [5, 5.41) is 9.19. The van der Waals surface area contributed by atoms with Crippen molar-refractivity contribution in [2.45, 2.75) is 17.4 Å². The molecule has 3 rings (SSSR count). The van der Waals surface area contributed by atoms with Crippen LogP contribution in [0.15, 0.2) is 35.6 Å². The van der Waals surface area contributed by atoms with Gasteiger partial charge in [-0.25, -0.2) is 9.97 Å². The third kappa shape index (κ3) is 3.90. The van der Waals surface area contributed by atoms with E-state index in [4.69, 9.17) is 14.6 Å². The lowest BCUT2D eigenvalue weighted by molar-refractivity contribution is -0.195. The number of hydrogen-bond acceptors (Lipinski definition) is 6. The fraction of sp³-hybridized carbons (Fsp3) is 0.333. The largest absolute Gasteiger partial charge is 0.486 e. The topological polar surface area (TPSA) is 64.5 Å². The monoisotopic (exact) mass is 358 g/mol. The Morgan fingerprint density at radius 3 is 2.67 bits per heavy atom. The SMILES string of the molecule is OC(CSc1nccc(-c2ccc3c(c2)OCCO3)n1)C(F)(F)F. The first-order chi connectivity index (χ1) is 11.4. The van der Waals surface area contributed by atoms with Crippen LogP contribution in [0.1, 0.15) is 0 Å². The lowest BCUT2D eigenvalue weighted by atomic mass is 10.1. The third-order valence-electron chi connectivity index (χ3n) is 3.22. The van der Waals surface area contributed by atoms with Crippen molar-refractivity contribution in [2.24, 2.45) is 0 Å². The Morgan fingerprint density at radius 1 is 1.17 bits per heavy atom. The van der Waals surface area contributed by atoms with Gasteiger partial charge in [-0.1, -0.05) is 11.8 Å². The summed E-state index contributed by atoms with van der Waals surface area (Å²) in [5.41, 5.74) is 1.28. The van der Waals surface area contributed by atoms with E-state index in [1.165, 1.54) is 6.20 Å². The number of fused-ring (bicyclic) bond motifs is 1. The molecule has 1 atom stereocenters. The van der Waals surface area contributed by atoms with Gasteiger partial charge in [-0.3, -0.25) is 0 Å². The minimum Gasteiger partial charge on any atom is -0.486 e. The number of ether oxygens (including phenoxy) is 2. The number of halogens is 3. The molecule has 0 fully saturated rings. The van der Waals surface area contributed by atoms with Crippen molar-refractivity contribution in [1.82, 2.24) is 9.97 Å². The summed E-state index contributed by atoms with van der Waals surface area (Å²) in [7, 11) is 0. The smallest absolute Gasteiger partial charge is 0.415 e. The van der Waals surface area contributed by atoms with Crippen LogP contribution in [-0.2, 0) is 0 Å². The Bertz CT molecular complexity index is 727. The van der Waals surface area contributed by atoms with Crippen molar-refractivity contribution < 1.29 is 27.8 Å². The fourth-order valence-electron chi connectivity index (χ4n) is 2.02. The number of thioether (sulfide) groups is 1. The van der Waals surface area contributed by atoms with E-state index in [0.717, 1.165) is 17.3 Å². The highest BCUT2D eigenvalue weighted by Gasteiger charge is 2.38. The Morgan fingerprint density at radius 2 is 1.92 bits per heavy atom. The number of rotatable bonds is 4. The van der Waals surface area contributed by atoms with Gasteiger partial charge in [-0.2, -0.15) is 13.2 Å². The zero-order chi connectivity index (χ0) is 17.2. The number of alkyl halides is 3. The maximum absolute atomic E-state index is 12.3. The number of aromatic nitrogens is 2. The Kier molecular flexibility index (Phi) is 4.81. The van der Waals surface area contributed by atoms with Crippen LogP contribution >= 0.6 is 11.8 Å². The normalized spacial score (nSPS) is 15.2. The van der Waals surface area contributed by atoms with Crippen LogP contribution in [0.3, 0.4) is 0 Å². The second-order valence-corrected chi connectivity index (χ2v) is 5.94. The average Bonchev–Trinajstić information content (AvgIpc) is 2.58. The maximum Gasteiger partial charge on any atom is 0.415 e. The molecule has 1 aromatic heterocycles. The van der Waals surface area contributed by atoms with Crippen molar-refractivity contribution in [3.05, 3.63) is 30.5 Å². The van der Waals surface area contributed by atoms with Crippen LogP contribution in [0.25, 0.3) is 11.3 Å². The lowest BCUT2D eigenvalue weighted by Gasteiger charge is -2.18. The molecule has 1 aromatic carbocycles. The number of nitrogens with zero attached hydrogens (tertiary/aromatic N) is 2. The Balaban J connectivity index is 1.76. The molecule has 0 radical (unpaired) electrons. The molecule has 1 unspecified atom stereocenters. The number of aliphatic hydroxyl groups is 1. The Labute approximate surface area is 139 Å². The van der Waals surface area contributed by atoms with Crippen molar-refractivity contribution in [3.63, 3.8) is 0 Å². The Hall–Kier alpha value is -2.00. The van der Waals surface area contributed by atoms with Crippen LogP contribution in [0, 0.1) is 0 Å². The highest BCUT2D eigenvalue weighted by molar-refractivity contribution is 7.99. The first-order valence-electron chi connectivity index (χ1n) is 7.04. The van der Waals surface area contributed by atoms with Gasteiger partial charge in [0.1, 0.15) is 13.2 Å². The molecule has 1 aliphatic heterocycles. The molecule has 9 heteroatoms. The molecule has 0 spiro atoms. The van der Waals surface area contributed by atoms with E-state index in [9.17, 15) is 13.2 Å². The summed E-state index contributed by atoms with van der Waals surface area (Å²) < 4.78 is 47.9. The van der Waals surface area contributed by atoms with E-state index < -0.39 is 18.0 Å². The molecule has 0 aliphatic carbocycles. The summed E-state index contributed by atoms with van der Waals surface area (Å²) in [6.07, 6.45) is -5.61. The number of benzene rings is 1. The molecular weight excluding hydrogens is 345 g/mol. The van der Waals surface area contributed by atoms with Gasteiger partial charge < -0.3 is 14.6 Å². The first kappa shape index (κ1) is 16.8. The van der Waals surface area contributed by atoms with Crippen LogP contribution < -0.4 is 9.47 Å². The first-order valence-corrected chi connectivity index (χ1v) is 8.03. The minimum atomic E-state index is -4.65. The van der Waals surface area contributed by atoms with E-state index in [-0.39, 0.29) is 5.16 Å². The van der Waals surface area contributed by atoms with Gasteiger partial charge in [0.25, 0.3) is 0 Å².